The van der Waals surface area contributed by atoms with Gasteiger partial charge in [-0.15, -0.1) is 0 Å². The van der Waals surface area contributed by atoms with Crippen LogP contribution in [-0.4, -0.2) is 39.9 Å². The molecular weight excluding hydrogens is 348 g/mol. The molecule has 8 heteroatoms. The Kier molecular flexibility index (Phi) is 6.41. The fourth-order valence-electron chi connectivity index (χ4n) is 1.67. The minimum atomic E-state index is -3.66. The molecule has 0 spiro atoms. The molecule has 0 radical (unpaired) electrons. The molecule has 0 aliphatic heterocycles. The molecule has 1 aromatic carbocycles. The summed E-state index contributed by atoms with van der Waals surface area (Å²) in [6.45, 7) is 1.94. The summed E-state index contributed by atoms with van der Waals surface area (Å²) in [6.07, 6.45) is -0.424. The summed E-state index contributed by atoms with van der Waals surface area (Å²) in [7, 11) is -2.19. The van der Waals surface area contributed by atoms with E-state index in [4.69, 9.17) is 10.5 Å². The van der Waals surface area contributed by atoms with Crippen molar-refractivity contribution >= 4 is 31.6 Å². The Balaban J connectivity index is 2.80. The topological polar surface area (TPSA) is 102 Å². The van der Waals surface area contributed by atoms with Gasteiger partial charge in [0.1, 0.15) is 0 Å². The third kappa shape index (κ3) is 4.71. The molecule has 0 aliphatic rings. The highest BCUT2D eigenvalue weighted by Gasteiger charge is 2.19. The molecule has 6 nitrogen and oxygen atoms in total. The van der Waals surface area contributed by atoms with Crippen molar-refractivity contribution in [3.8, 4) is 0 Å². The molecule has 1 atom stereocenters. The Bertz CT molecular complexity index is 563. The van der Waals surface area contributed by atoms with Gasteiger partial charge in [-0.1, -0.05) is 15.9 Å². The van der Waals surface area contributed by atoms with Gasteiger partial charge in [0.2, 0.25) is 10.0 Å². The number of aliphatic hydroxyl groups is 1. The van der Waals surface area contributed by atoms with E-state index < -0.39 is 16.1 Å². The number of hydrogen-bond acceptors (Lipinski definition) is 5. The van der Waals surface area contributed by atoms with Crippen molar-refractivity contribution in [2.24, 2.45) is 0 Å². The number of ether oxygens (including phenoxy) is 1. The molecule has 0 fully saturated rings. The number of anilines is 1. The van der Waals surface area contributed by atoms with Gasteiger partial charge in [-0.3, -0.25) is 0 Å². The number of hydrogen-bond donors (Lipinski definition) is 3. The van der Waals surface area contributed by atoms with Crippen LogP contribution >= 0.6 is 15.9 Å². The lowest BCUT2D eigenvalue weighted by atomic mass is 10.2. The highest BCUT2D eigenvalue weighted by Crippen LogP contribution is 2.26. The van der Waals surface area contributed by atoms with E-state index in [0.29, 0.717) is 15.7 Å². The first-order chi connectivity index (χ1) is 9.27. The first-order valence-corrected chi connectivity index (χ1v) is 8.28. The number of nitrogen functional groups attached to an aromatic ring is 1. The Morgan fingerprint density at radius 1 is 1.50 bits per heavy atom. The summed E-state index contributed by atoms with van der Waals surface area (Å²) in [6, 6.07) is 3.15. The van der Waals surface area contributed by atoms with Gasteiger partial charge < -0.3 is 15.6 Å². The zero-order chi connectivity index (χ0) is 15.3. The molecule has 1 unspecified atom stereocenters. The lowest BCUT2D eigenvalue weighted by molar-refractivity contribution is 0.0603. The van der Waals surface area contributed by atoms with Crippen LogP contribution in [0.1, 0.15) is 12.0 Å². The number of benzene rings is 1. The van der Waals surface area contributed by atoms with Gasteiger partial charge in [0.15, 0.2) is 0 Å². The van der Waals surface area contributed by atoms with Gasteiger partial charge in [0.05, 0.1) is 17.6 Å². The minimum Gasteiger partial charge on any atom is -0.398 e. The third-order valence-corrected chi connectivity index (χ3v) is 4.83. The van der Waals surface area contributed by atoms with Crippen LogP contribution in [-0.2, 0) is 14.8 Å². The van der Waals surface area contributed by atoms with E-state index in [9.17, 15) is 13.5 Å². The van der Waals surface area contributed by atoms with Crippen LogP contribution in [0.15, 0.2) is 21.5 Å². The summed E-state index contributed by atoms with van der Waals surface area (Å²) in [4.78, 5) is 0.130. The van der Waals surface area contributed by atoms with Gasteiger partial charge in [-0.05, 0) is 31.0 Å². The van der Waals surface area contributed by atoms with Crippen molar-refractivity contribution in [2.75, 3.05) is 26.0 Å². The second-order valence-corrected chi connectivity index (χ2v) is 7.06. The van der Waals surface area contributed by atoms with Gasteiger partial charge in [0.25, 0.3) is 0 Å². The maximum Gasteiger partial charge on any atom is 0.240 e. The minimum absolute atomic E-state index is 0.124. The smallest absolute Gasteiger partial charge is 0.240 e. The number of methoxy groups -OCH3 is 1. The molecule has 0 aliphatic carbocycles. The molecule has 0 bridgehead atoms. The van der Waals surface area contributed by atoms with Crippen LogP contribution in [0.3, 0.4) is 0 Å². The van der Waals surface area contributed by atoms with Crippen molar-refractivity contribution in [3.05, 3.63) is 22.2 Å². The first-order valence-electron chi connectivity index (χ1n) is 6.00. The van der Waals surface area contributed by atoms with E-state index in [1.54, 1.807) is 13.0 Å². The second-order valence-electron chi connectivity index (χ2n) is 4.41. The maximum absolute atomic E-state index is 12.2. The van der Waals surface area contributed by atoms with Crippen LogP contribution in [0.25, 0.3) is 0 Å². The number of nitrogens with one attached hydrogen (secondary N) is 1. The predicted molar refractivity (Wildman–Crippen MR) is 81.0 cm³/mol. The van der Waals surface area contributed by atoms with Crippen LogP contribution in [0.2, 0.25) is 0 Å². The summed E-state index contributed by atoms with van der Waals surface area (Å²) < 4.78 is 32.2. The molecule has 4 N–H and O–H groups in total. The summed E-state index contributed by atoms with van der Waals surface area (Å²) in [5, 5.41) is 9.47. The number of sulfonamides is 1. The predicted octanol–water partition coefficient (Wildman–Crippen LogP) is 1.02. The average Bonchev–Trinajstić information content (AvgIpc) is 2.33. The van der Waals surface area contributed by atoms with Gasteiger partial charge in [-0.2, -0.15) is 0 Å². The highest BCUT2D eigenvalue weighted by molar-refractivity contribution is 9.10. The molecule has 20 heavy (non-hydrogen) atoms. The molecule has 114 valence electrons. The van der Waals surface area contributed by atoms with Gasteiger partial charge in [-0.25, -0.2) is 13.1 Å². The zero-order valence-corrected chi connectivity index (χ0v) is 13.8. The highest BCUT2D eigenvalue weighted by atomic mass is 79.9. The standard InChI is InChI=1S/C12H19BrN2O4S/c1-8-11(14)5-9(13)6-12(8)20(17,18)15-4-3-10(16)7-19-2/h5-6,10,15-16H,3-4,7,14H2,1-2H3. The van der Waals surface area contributed by atoms with Crippen LogP contribution < -0.4 is 10.5 Å². The fraction of sp³-hybridized carbons (Fsp3) is 0.500. The molecule has 0 saturated heterocycles. The van der Waals surface area contributed by atoms with E-state index in [1.165, 1.54) is 13.2 Å². The summed E-state index contributed by atoms with van der Waals surface area (Å²) in [5.41, 5.74) is 6.66. The number of rotatable bonds is 7. The SMILES string of the molecule is COCC(O)CCNS(=O)(=O)c1cc(Br)cc(N)c1C. The average molecular weight is 367 g/mol. The first kappa shape index (κ1) is 17.4. The molecule has 1 rings (SSSR count). The van der Waals surface area contributed by atoms with Gasteiger partial charge >= 0.3 is 0 Å². The number of halogens is 1. The molecule has 0 saturated carbocycles. The summed E-state index contributed by atoms with van der Waals surface area (Å²) in [5.74, 6) is 0. The van der Waals surface area contributed by atoms with Gasteiger partial charge in [0, 0.05) is 23.8 Å². The van der Waals surface area contributed by atoms with Crippen molar-refractivity contribution in [1.29, 1.82) is 0 Å². The normalized spacial score (nSPS) is 13.4. The Hall–Kier alpha value is -0.670. The van der Waals surface area contributed by atoms with E-state index >= 15 is 0 Å². The largest absolute Gasteiger partial charge is 0.398 e. The van der Waals surface area contributed by atoms with E-state index in [2.05, 4.69) is 20.7 Å². The molecular formula is C12H19BrN2O4S. The Morgan fingerprint density at radius 2 is 2.15 bits per heavy atom. The number of nitrogens with two attached hydrogens (primary N) is 1. The molecule has 1 aromatic rings. The van der Waals surface area contributed by atoms with Crippen molar-refractivity contribution in [1.82, 2.24) is 4.72 Å². The summed E-state index contributed by atoms with van der Waals surface area (Å²) >= 11 is 3.22. The van der Waals surface area contributed by atoms with Crippen molar-refractivity contribution in [3.63, 3.8) is 0 Å². The fourth-order valence-corrected chi connectivity index (χ4v) is 3.64. The van der Waals surface area contributed by atoms with E-state index in [-0.39, 0.29) is 24.5 Å². The third-order valence-electron chi connectivity index (χ3n) is 2.78. The molecule has 0 aromatic heterocycles. The monoisotopic (exact) mass is 366 g/mol. The Labute approximate surface area is 127 Å². The van der Waals surface area contributed by atoms with E-state index in [0.717, 1.165) is 0 Å². The van der Waals surface area contributed by atoms with E-state index in [1.807, 2.05) is 0 Å². The molecule has 0 heterocycles. The Morgan fingerprint density at radius 3 is 2.75 bits per heavy atom. The quantitative estimate of drug-likeness (QED) is 0.625. The van der Waals surface area contributed by atoms with Crippen molar-refractivity contribution < 1.29 is 18.3 Å². The maximum atomic E-state index is 12.2. The lowest BCUT2D eigenvalue weighted by Gasteiger charge is -2.13. The van der Waals surface area contributed by atoms with Crippen LogP contribution in [0.5, 0.6) is 0 Å². The number of aliphatic hydroxyl groups excluding tert-OH is 1. The van der Waals surface area contributed by atoms with Crippen molar-refractivity contribution in [2.45, 2.75) is 24.3 Å². The van der Waals surface area contributed by atoms with Crippen LogP contribution in [0, 0.1) is 6.92 Å². The molecule has 0 amide bonds. The lowest BCUT2D eigenvalue weighted by Crippen LogP contribution is -2.29. The second kappa shape index (κ2) is 7.37. The zero-order valence-electron chi connectivity index (χ0n) is 11.4. The van der Waals surface area contributed by atoms with Crippen LogP contribution in [0.4, 0.5) is 5.69 Å².